The number of halogens is 1. The van der Waals surface area contributed by atoms with Gasteiger partial charge in [0.15, 0.2) is 5.78 Å². The van der Waals surface area contributed by atoms with Gasteiger partial charge in [0.05, 0.1) is 24.8 Å². The van der Waals surface area contributed by atoms with Crippen molar-refractivity contribution in [2.45, 2.75) is 20.3 Å². The third-order valence-electron chi connectivity index (χ3n) is 5.55. The maximum atomic E-state index is 13.1. The first-order chi connectivity index (χ1) is 14.5. The Balaban J connectivity index is 1.40. The summed E-state index contributed by atoms with van der Waals surface area (Å²) in [4.78, 5) is 32.3. The molecule has 2 aliphatic rings. The number of nitrogens with zero attached hydrogens (tertiary/aromatic N) is 2. The molecule has 2 aliphatic heterocycles. The van der Waals surface area contributed by atoms with E-state index in [1.807, 2.05) is 43.0 Å². The lowest BCUT2D eigenvalue weighted by Gasteiger charge is -2.35. The summed E-state index contributed by atoms with van der Waals surface area (Å²) in [5.41, 5.74) is 3.76. The van der Waals surface area contributed by atoms with Crippen LogP contribution in [0.3, 0.4) is 0 Å². The molecule has 1 N–H and O–H groups in total. The van der Waals surface area contributed by atoms with Crippen molar-refractivity contribution in [2.24, 2.45) is 10.9 Å². The molecule has 7 heteroatoms. The van der Waals surface area contributed by atoms with Gasteiger partial charge in [0.25, 0.3) is 0 Å². The molecule has 1 unspecified atom stereocenters. The van der Waals surface area contributed by atoms with Crippen LogP contribution in [-0.4, -0.2) is 48.5 Å². The van der Waals surface area contributed by atoms with E-state index in [9.17, 15) is 9.59 Å². The Morgan fingerprint density at radius 2 is 2.03 bits per heavy atom. The topological polar surface area (TPSA) is 71.0 Å². The van der Waals surface area contributed by atoms with Crippen LogP contribution in [0, 0.1) is 12.8 Å². The Morgan fingerprint density at radius 3 is 2.77 bits per heavy atom. The molecule has 2 aromatic rings. The number of carbonyl (C=O) groups excluding carboxylic acids is 2. The summed E-state index contributed by atoms with van der Waals surface area (Å²) in [5, 5.41) is 3.52. The number of benzene rings is 2. The zero-order valence-electron chi connectivity index (χ0n) is 17.1. The normalized spacial score (nSPS) is 18.3. The van der Waals surface area contributed by atoms with Crippen LogP contribution >= 0.6 is 11.6 Å². The van der Waals surface area contributed by atoms with Crippen molar-refractivity contribution >= 4 is 40.4 Å². The largest absolute Gasteiger partial charge is 0.494 e. The van der Waals surface area contributed by atoms with Crippen LogP contribution in [0.2, 0.25) is 5.02 Å². The van der Waals surface area contributed by atoms with E-state index in [2.05, 4.69) is 5.32 Å². The number of hydrogen-bond donors (Lipinski definition) is 1. The molecule has 2 aromatic carbocycles. The summed E-state index contributed by atoms with van der Waals surface area (Å²) in [6.07, 6.45) is 0.665. The first kappa shape index (κ1) is 20.6. The molecule has 4 rings (SSSR count). The van der Waals surface area contributed by atoms with Crippen molar-refractivity contribution in [3.05, 3.63) is 52.5 Å². The number of rotatable bonds is 5. The molecule has 1 atom stereocenters. The fraction of sp³-hybridized carbons (Fsp3) is 0.348. The van der Waals surface area contributed by atoms with Gasteiger partial charge in [-0.25, -0.2) is 0 Å². The highest BCUT2D eigenvalue weighted by atomic mass is 35.5. The van der Waals surface area contributed by atoms with Crippen LogP contribution in [-0.2, 0) is 4.79 Å². The third kappa shape index (κ3) is 4.11. The molecule has 2 heterocycles. The Labute approximate surface area is 180 Å². The summed E-state index contributed by atoms with van der Waals surface area (Å²) in [5.74, 6) is 0.424. The van der Waals surface area contributed by atoms with E-state index in [1.54, 1.807) is 12.1 Å². The molecule has 30 heavy (non-hydrogen) atoms. The van der Waals surface area contributed by atoms with Crippen molar-refractivity contribution in [1.29, 1.82) is 0 Å². The Kier molecular flexibility index (Phi) is 5.88. The van der Waals surface area contributed by atoms with Gasteiger partial charge in [-0.05, 0) is 62.2 Å². The molecule has 0 aliphatic carbocycles. The van der Waals surface area contributed by atoms with E-state index in [0.29, 0.717) is 42.4 Å². The van der Waals surface area contributed by atoms with Crippen LogP contribution in [0.1, 0.15) is 29.3 Å². The van der Waals surface area contributed by atoms with E-state index in [1.165, 1.54) is 0 Å². The zero-order chi connectivity index (χ0) is 21.3. The quantitative estimate of drug-likeness (QED) is 0.776. The van der Waals surface area contributed by atoms with Gasteiger partial charge < -0.3 is 10.1 Å². The number of amides is 1. The Hall–Kier alpha value is -2.70. The lowest BCUT2D eigenvalue weighted by atomic mass is 9.84. The summed E-state index contributed by atoms with van der Waals surface area (Å²) in [6.45, 7) is 5.83. The number of ether oxygens (including phenoxy) is 1. The Bertz CT molecular complexity index is 1020. The molecule has 0 aromatic heterocycles. The lowest BCUT2D eigenvalue weighted by Crippen LogP contribution is -2.47. The number of ketones is 1. The monoisotopic (exact) mass is 425 g/mol. The van der Waals surface area contributed by atoms with Gasteiger partial charge in [0, 0.05) is 35.1 Å². The number of fused-ring (bicyclic) bond motifs is 2. The van der Waals surface area contributed by atoms with Gasteiger partial charge in [-0.3, -0.25) is 19.5 Å². The SMILES string of the molecule is CCOc1ccc(NC(=O)CN2CCC3=Nc4c(ccc(Cl)c4C)C(=O)C3C2)cc1. The minimum Gasteiger partial charge on any atom is -0.494 e. The maximum absolute atomic E-state index is 13.1. The van der Waals surface area contributed by atoms with Crippen LogP contribution in [0.25, 0.3) is 0 Å². The predicted molar refractivity (Wildman–Crippen MR) is 118 cm³/mol. The molecule has 1 fully saturated rings. The maximum Gasteiger partial charge on any atom is 0.238 e. The third-order valence-corrected chi connectivity index (χ3v) is 5.96. The van der Waals surface area contributed by atoms with E-state index in [0.717, 1.165) is 22.7 Å². The number of likely N-dealkylation sites (tertiary alicyclic amines) is 1. The van der Waals surface area contributed by atoms with Gasteiger partial charge >= 0.3 is 0 Å². The van der Waals surface area contributed by atoms with Crippen molar-refractivity contribution in [1.82, 2.24) is 4.90 Å². The zero-order valence-corrected chi connectivity index (χ0v) is 17.8. The highest BCUT2D eigenvalue weighted by molar-refractivity contribution is 6.32. The Morgan fingerprint density at radius 1 is 1.27 bits per heavy atom. The van der Waals surface area contributed by atoms with Crippen LogP contribution in [0.4, 0.5) is 11.4 Å². The molecule has 0 radical (unpaired) electrons. The molecule has 156 valence electrons. The minimum atomic E-state index is -0.301. The number of Topliss-reactive ketones (excluding diaryl/α,β-unsaturated/α-hetero) is 1. The molecule has 1 saturated heterocycles. The molecular formula is C23H24ClN3O3. The second-order valence-electron chi connectivity index (χ2n) is 7.58. The summed E-state index contributed by atoms with van der Waals surface area (Å²) in [6, 6.07) is 10.8. The molecular weight excluding hydrogens is 402 g/mol. The molecule has 0 bridgehead atoms. The first-order valence-electron chi connectivity index (χ1n) is 10.1. The number of hydrogen-bond acceptors (Lipinski definition) is 5. The molecule has 0 spiro atoms. The second kappa shape index (κ2) is 8.58. The predicted octanol–water partition coefficient (Wildman–Crippen LogP) is 4.28. The van der Waals surface area contributed by atoms with Gasteiger partial charge in [0.1, 0.15) is 5.75 Å². The molecule has 1 amide bonds. The number of aliphatic imine (C=N–C) groups is 1. The number of piperidine rings is 1. The van der Waals surface area contributed by atoms with Gasteiger partial charge in [0.2, 0.25) is 5.91 Å². The van der Waals surface area contributed by atoms with Crippen molar-refractivity contribution < 1.29 is 14.3 Å². The fourth-order valence-corrected chi connectivity index (χ4v) is 4.12. The van der Waals surface area contributed by atoms with Crippen molar-refractivity contribution in [3.63, 3.8) is 0 Å². The van der Waals surface area contributed by atoms with Crippen LogP contribution in [0.15, 0.2) is 41.4 Å². The van der Waals surface area contributed by atoms with Crippen LogP contribution in [0.5, 0.6) is 5.75 Å². The van der Waals surface area contributed by atoms with E-state index in [4.69, 9.17) is 21.3 Å². The number of carbonyl (C=O) groups is 2. The number of nitrogens with one attached hydrogen (secondary N) is 1. The lowest BCUT2D eigenvalue weighted by molar-refractivity contribution is -0.117. The smallest absolute Gasteiger partial charge is 0.238 e. The average Bonchev–Trinajstić information content (AvgIpc) is 2.73. The highest BCUT2D eigenvalue weighted by Crippen LogP contribution is 2.37. The first-order valence-corrected chi connectivity index (χ1v) is 10.5. The summed E-state index contributed by atoms with van der Waals surface area (Å²) < 4.78 is 5.42. The second-order valence-corrected chi connectivity index (χ2v) is 7.99. The van der Waals surface area contributed by atoms with Crippen molar-refractivity contribution in [2.75, 3.05) is 31.6 Å². The van der Waals surface area contributed by atoms with Gasteiger partial charge in [-0.2, -0.15) is 0 Å². The summed E-state index contributed by atoms with van der Waals surface area (Å²) in [7, 11) is 0. The van der Waals surface area contributed by atoms with E-state index < -0.39 is 0 Å². The standard InChI is InChI=1S/C23H24ClN3O3/c1-3-30-16-6-4-15(5-7-16)25-21(28)13-27-11-10-20-18(12-27)23(29)17-8-9-19(24)14(2)22(17)26-20/h4-9,18H,3,10-13H2,1-2H3,(H,25,28). The summed E-state index contributed by atoms with van der Waals surface area (Å²) >= 11 is 6.20. The molecule has 0 saturated carbocycles. The van der Waals surface area contributed by atoms with E-state index >= 15 is 0 Å². The fourth-order valence-electron chi connectivity index (χ4n) is 3.97. The van der Waals surface area contributed by atoms with Crippen molar-refractivity contribution in [3.8, 4) is 5.75 Å². The van der Waals surface area contributed by atoms with E-state index in [-0.39, 0.29) is 24.2 Å². The van der Waals surface area contributed by atoms with Gasteiger partial charge in [-0.15, -0.1) is 0 Å². The average molecular weight is 426 g/mol. The minimum absolute atomic E-state index is 0.0615. The molecule has 6 nitrogen and oxygen atoms in total. The number of anilines is 1. The van der Waals surface area contributed by atoms with Gasteiger partial charge in [-0.1, -0.05) is 11.6 Å². The van der Waals surface area contributed by atoms with Crippen LogP contribution < -0.4 is 10.1 Å². The highest BCUT2D eigenvalue weighted by Gasteiger charge is 2.36.